The first-order valence-corrected chi connectivity index (χ1v) is 7.47. The molecule has 0 radical (unpaired) electrons. The molecule has 1 aliphatic heterocycles. The van der Waals surface area contributed by atoms with Gasteiger partial charge in [0.2, 0.25) is 11.7 Å². The van der Waals surface area contributed by atoms with Crippen molar-refractivity contribution in [1.29, 1.82) is 0 Å². The van der Waals surface area contributed by atoms with Crippen LogP contribution in [-0.4, -0.2) is 16.7 Å². The van der Waals surface area contributed by atoms with E-state index in [-0.39, 0.29) is 6.04 Å². The van der Waals surface area contributed by atoms with E-state index in [4.69, 9.17) is 4.52 Å². The molecule has 1 N–H and O–H groups in total. The summed E-state index contributed by atoms with van der Waals surface area (Å²) in [6.07, 6.45) is 3.50. The lowest BCUT2D eigenvalue weighted by Crippen LogP contribution is -2.26. The van der Waals surface area contributed by atoms with Gasteiger partial charge in [-0.1, -0.05) is 54.0 Å². The van der Waals surface area contributed by atoms with E-state index in [1.807, 2.05) is 24.3 Å². The van der Waals surface area contributed by atoms with Crippen LogP contribution >= 0.6 is 0 Å². The monoisotopic (exact) mass is 279 g/mol. The summed E-state index contributed by atoms with van der Waals surface area (Å²) < 4.78 is 5.48. The molecule has 4 rings (SSSR count). The Morgan fingerprint density at radius 1 is 1.05 bits per heavy atom. The number of rotatable bonds is 2. The van der Waals surface area contributed by atoms with Crippen LogP contribution < -0.4 is 5.32 Å². The highest BCUT2D eigenvalue weighted by Crippen LogP contribution is 2.28. The summed E-state index contributed by atoms with van der Waals surface area (Å²) in [7, 11) is 0. The third-order valence-electron chi connectivity index (χ3n) is 4.08. The predicted molar refractivity (Wildman–Crippen MR) is 81.8 cm³/mol. The van der Waals surface area contributed by atoms with E-state index in [0.717, 1.165) is 23.9 Å². The zero-order valence-corrected chi connectivity index (χ0v) is 11.7. The number of benzene rings is 2. The lowest BCUT2D eigenvalue weighted by atomic mass is 10.0. The molecule has 0 bridgehead atoms. The lowest BCUT2D eigenvalue weighted by molar-refractivity contribution is 0.297. The van der Waals surface area contributed by atoms with Crippen molar-refractivity contribution in [2.24, 2.45) is 0 Å². The molecule has 0 saturated carbocycles. The van der Waals surface area contributed by atoms with Gasteiger partial charge < -0.3 is 9.84 Å². The van der Waals surface area contributed by atoms with Crippen LogP contribution in [0.1, 0.15) is 31.2 Å². The van der Waals surface area contributed by atoms with Gasteiger partial charge in [-0.15, -0.1) is 0 Å². The molecule has 21 heavy (non-hydrogen) atoms. The predicted octanol–water partition coefficient (Wildman–Crippen LogP) is 3.70. The van der Waals surface area contributed by atoms with E-state index >= 15 is 0 Å². The molecule has 1 fully saturated rings. The van der Waals surface area contributed by atoms with Crippen LogP contribution in [0.25, 0.3) is 22.2 Å². The highest BCUT2D eigenvalue weighted by atomic mass is 16.5. The second kappa shape index (κ2) is 5.30. The summed E-state index contributed by atoms with van der Waals surface area (Å²) in [5.74, 6) is 1.38. The van der Waals surface area contributed by atoms with Crippen LogP contribution in [-0.2, 0) is 0 Å². The molecule has 0 aliphatic carbocycles. The fraction of sp³-hybridized carbons (Fsp3) is 0.294. The second-order valence-corrected chi connectivity index (χ2v) is 5.49. The Labute approximate surface area is 123 Å². The molecule has 0 amide bonds. The molecule has 1 aliphatic rings. The summed E-state index contributed by atoms with van der Waals surface area (Å²) >= 11 is 0. The highest BCUT2D eigenvalue weighted by molar-refractivity contribution is 5.94. The fourth-order valence-electron chi connectivity index (χ4n) is 2.97. The Balaban J connectivity index is 1.74. The fourth-order valence-corrected chi connectivity index (χ4v) is 2.97. The largest absolute Gasteiger partial charge is 0.337 e. The summed E-state index contributed by atoms with van der Waals surface area (Å²) in [6.45, 7) is 1.02. The van der Waals surface area contributed by atoms with Crippen LogP contribution in [0.2, 0.25) is 0 Å². The highest BCUT2D eigenvalue weighted by Gasteiger charge is 2.21. The molecule has 2 heterocycles. The second-order valence-electron chi connectivity index (χ2n) is 5.49. The van der Waals surface area contributed by atoms with Gasteiger partial charge in [0.25, 0.3) is 0 Å². The minimum Gasteiger partial charge on any atom is -0.337 e. The van der Waals surface area contributed by atoms with Gasteiger partial charge >= 0.3 is 0 Å². The molecule has 4 heteroatoms. The first-order chi connectivity index (χ1) is 10.4. The van der Waals surface area contributed by atoms with Crippen molar-refractivity contribution < 1.29 is 4.52 Å². The third kappa shape index (κ3) is 2.32. The maximum atomic E-state index is 5.48. The molecule has 0 spiro atoms. The van der Waals surface area contributed by atoms with Crippen molar-refractivity contribution in [2.45, 2.75) is 25.3 Å². The molecular weight excluding hydrogens is 262 g/mol. The van der Waals surface area contributed by atoms with Crippen molar-refractivity contribution >= 4 is 10.8 Å². The molecule has 0 unspecified atom stereocenters. The van der Waals surface area contributed by atoms with Crippen LogP contribution in [0.5, 0.6) is 0 Å². The summed E-state index contributed by atoms with van der Waals surface area (Å²) in [5.41, 5.74) is 1.03. The molecular formula is C17H17N3O. The molecule has 2 aromatic carbocycles. The number of piperidine rings is 1. The Kier molecular flexibility index (Phi) is 3.16. The average Bonchev–Trinajstić information content (AvgIpc) is 3.05. The van der Waals surface area contributed by atoms with Gasteiger partial charge in [0.15, 0.2) is 0 Å². The zero-order chi connectivity index (χ0) is 14.1. The number of hydrogen-bond donors (Lipinski definition) is 1. The van der Waals surface area contributed by atoms with Gasteiger partial charge in [-0.2, -0.15) is 4.98 Å². The molecule has 4 nitrogen and oxygen atoms in total. The van der Waals surface area contributed by atoms with Crippen molar-refractivity contribution in [3.63, 3.8) is 0 Å². The Morgan fingerprint density at radius 3 is 2.86 bits per heavy atom. The molecule has 1 aromatic heterocycles. The molecule has 3 aromatic rings. The molecule has 1 atom stereocenters. The van der Waals surface area contributed by atoms with Gasteiger partial charge in [0, 0.05) is 5.56 Å². The summed E-state index contributed by atoms with van der Waals surface area (Å²) in [4.78, 5) is 4.61. The lowest BCUT2D eigenvalue weighted by Gasteiger charge is -2.19. The van der Waals surface area contributed by atoms with Crippen molar-refractivity contribution in [2.75, 3.05) is 6.54 Å². The van der Waals surface area contributed by atoms with Crippen LogP contribution in [0.3, 0.4) is 0 Å². The van der Waals surface area contributed by atoms with Crippen LogP contribution in [0, 0.1) is 0 Å². The first kappa shape index (κ1) is 12.5. The van der Waals surface area contributed by atoms with E-state index in [1.54, 1.807) is 0 Å². The number of aromatic nitrogens is 2. The number of fused-ring (bicyclic) bond motifs is 1. The molecule has 106 valence electrons. The van der Waals surface area contributed by atoms with Crippen molar-refractivity contribution in [3.05, 3.63) is 48.4 Å². The van der Waals surface area contributed by atoms with Crippen molar-refractivity contribution in [3.8, 4) is 11.4 Å². The van der Waals surface area contributed by atoms with E-state index in [0.29, 0.717) is 11.7 Å². The number of nitrogens with zero attached hydrogens (tertiary/aromatic N) is 2. The Bertz CT molecular complexity index is 754. The quantitative estimate of drug-likeness (QED) is 0.777. The summed E-state index contributed by atoms with van der Waals surface area (Å²) in [5, 5.41) is 9.97. The average molecular weight is 279 g/mol. The Morgan fingerprint density at radius 2 is 1.95 bits per heavy atom. The summed E-state index contributed by atoms with van der Waals surface area (Å²) in [6, 6.07) is 14.7. The van der Waals surface area contributed by atoms with Gasteiger partial charge in [-0.05, 0) is 30.2 Å². The minimum absolute atomic E-state index is 0.204. The van der Waals surface area contributed by atoms with E-state index in [2.05, 4.69) is 33.7 Å². The Hall–Kier alpha value is -2.20. The van der Waals surface area contributed by atoms with Gasteiger partial charge in [-0.3, -0.25) is 0 Å². The van der Waals surface area contributed by atoms with Crippen LogP contribution in [0.4, 0.5) is 0 Å². The van der Waals surface area contributed by atoms with Gasteiger partial charge in [0.1, 0.15) is 0 Å². The third-order valence-corrected chi connectivity index (χ3v) is 4.08. The van der Waals surface area contributed by atoms with Crippen molar-refractivity contribution in [1.82, 2.24) is 15.5 Å². The van der Waals surface area contributed by atoms with Gasteiger partial charge in [0.05, 0.1) is 6.04 Å². The standard InChI is InChI=1S/C17H17N3O/c1-2-8-13-12(6-1)7-5-9-14(13)16-19-17(21-20-16)15-10-3-4-11-18-15/h1-2,5-9,15,18H,3-4,10-11H2/t15-/m1/s1. The van der Waals surface area contributed by atoms with E-state index in [9.17, 15) is 0 Å². The van der Waals surface area contributed by atoms with E-state index in [1.165, 1.54) is 18.2 Å². The van der Waals surface area contributed by atoms with E-state index < -0.39 is 0 Å². The van der Waals surface area contributed by atoms with Gasteiger partial charge in [-0.25, -0.2) is 0 Å². The first-order valence-electron chi connectivity index (χ1n) is 7.47. The smallest absolute Gasteiger partial charge is 0.244 e. The normalized spacial score (nSPS) is 19.0. The molecule has 1 saturated heterocycles. The topological polar surface area (TPSA) is 51.0 Å². The SMILES string of the molecule is c1ccc2c(-c3noc([C@H]4CCCCN4)n3)cccc2c1. The minimum atomic E-state index is 0.204. The maximum absolute atomic E-state index is 5.48. The van der Waals surface area contributed by atoms with Crippen LogP contribution in [0.15, 0.2) is 47.0 Å². The number of nitrogens with one attached hydrogen (secondary N) is 1. The zero-order valence-electron chi connectivity index (χ0n) is 11.7. The number of hydrogen-bond acceptors (Lipinski definition) is 4. The maximum Gasteiger partial charge on any atom is 0.244 e.